The number of amidine groups is 1. The Balaban J connectivity index is 1.81. The molecule has 0 aliphatic carbocycles. The van der Waals surface area contributed by atoms with Crippen LogP contribution >= 0.6 is 0 Å². The second kappa shape index (κ2) is 9.23. The smallest absolute Gasteiger partial charge is 0.281 e. The summed E-state index contributed by atoms with van der Waals surface area (Å²) in [7, 11) is 0. The molecule has 0 radical (unpaired) electrons. The molecule has 0 spiro atoms. The number of nitrogens with zero attached hydrogens (tertiary/aromatic N) is 6. The highest BCUT2D eigenvalue weighted by atomic mass is 16.3. The van der Waals surface area contributed by atoms with Crippen LogP contribution in [0.4, 0.5) is 5.95 Å². The Hall–Kier alpha value is -3.66. The van der Waals surface area contributed by atoms with Crippen LogP contribution in [0.3, 0.4) is 0 Å². The van der Waals surface area contributed by atoms with Crippen molar-refractivity contribution in [1.82, 2.24) is 24.7 Å². The average molecular weight is 437 g/mol. The normalized spacial score (nSPS) is 13.4. The quantitative estimate of drug-likeness (QED) is 0.375. The van der Waals surface area contributed by atoms with Gasteiger partial charge in [-0.15, -0.1) is 0 Å². The molecule has 1 amide bonds. The van der Waals surface area contributed by atoms with Crippen molar-refractivity contribution in [2.75, 3.05) is 5.73 Å². The van der Waals surface area contributed by atoms with E-state index in [-0.39, 0.29) is 30.2 Å². The van der Waals surface area contributed by atoms with E-state index in [9.17, 15) is 9.90 Å². The van der Waals surface area contributed by atoms with Crippen molar-refractivity contribution in [2.45, 2.75) is 45.8 Å². The highest BCUT2D eigenvalue weighted by Gasteiger charge is 2.23. The second-order valence-electron chi connectivity index (χ2n) is 8.61. The molecule has 5 N–H and O–H groups in total. The van der Waals surface area contributed by atoms with Crippen LogP contribution in [0.25, 0.3) is 11.3 Å². The van der Waals surface area contributed by atoms with Crippen molar-refractivity contribution < 1.29 is 9.90 Å². The summed E-state index contributed by atoms with van der Waals surface area (Å²) in [5, 5.41) is 14.0. The summed E-state index contributed by atoms with van der Waals surface area (Å²) in [6, 6.07) is 3.74. The van der Waals surface area contributed by atoms with Crippen molar-refractivity contribution in [3.8, 4) is 11.3 Å². The molecule has 0 saturated heterocycles. The lowest BCUT2D eigenvalue weighted by molar-refractivity contribution is 0.0576. The Labute approximate surface area is 186 Å². The predicted molar refractivity (Wildman–Crippen MR) is 122 cm³/mol. The SMILES string of the molecule is CC(C)C(C(N)=NC(=O)c1cnn(CC(C)(C)O)c1)c1ccc(-c2cnc(N)nc2)nc1. The van der Waals surface area contributed by atoms with Crippen LogP contribution in [0.2, 0.25) is 0 Å². The first-order valence-electron chi connectivity index (χ1n) is 10.2. The number of aliphatic hydroxyl groups is 1. The van der Waals surface area contributed by atoms with Crippen molar-refractivity contribution in [1.29, 1.82) is 0 Å². The number of anilines is 1. The lowest BCUT2D eigenvalue weighted by Crippen LogP contribution is -2.27. The summed E-state index contributed by atoms with van der Waals surface area (Å²) >= 11 is 0. The van der Waals surface area contributed by atoms with E-state index in [1.54, 1.807) is 38.6 Å². The lowest BCUT2D eigenvalue weighted by Gasteiger charge is -2.20. The first kappa shape index (κ1) is 23.0. The fraction of sp³-hybridized carbons (Fsp3) is 0.364. The summed E-state index contributed by atoms with van der Waals surface area (Å²) in [4.78, 5) is 29.2. The Morgan fingerprint density at radius 1 is 1.16 bits per heavy atom. The number of nitrogen functional groups attached to an aromatic ring is 1. The molecule has 0 aliphatic rings. The molecule has 3 aromatic heterocycles. The highest BCUT2D eigenvalue weighted by molar-refractivity contribution is 6.04. The number of hydrogen-bond donors (Lipinski definition) is 3. The summed E-state index contributed by atoms with van der Waals surface area (Å²) in [5.41, 5.74) is 13.4. The topological polar surface area (TPSA) is 158 Å². The molecule has 3 heterocycles. The van der Waals surface area contributed by atoms with Gasteiger partial charge in [0, 0.05) is 36.3 Å². The number of rotatable bonds is 7. The van der Waals surface area contributed by atoms with Crippen LogP contribution in [0.15, 0.2) is 48.1 Å². The molecule has 0 fully saturated rings. The lowest BCUT2D eigenvalue weighted by atomic mass is 9.88. The molecule has 0 saturated carbocycles. The number of carbonyl (C=O) groups is 1. The van der Waals surface area contributed by atoms with Gasteiger partial charge in [-0.3, -0.25) is 14.5 Å². The van der Waals surface area contributed by atoms with Crippen LogP contribution in [-0.4, -0.2) is 47.2 Å². The van der Waals surface area contributed by atoms with Gasteiger partial charge < -0.3 is 16.6 Å². The van der Waals surface area contributed by atoms with Crippen LogP contribution in [0, 0.1) is 5.92 Å². The van der Waals surface area contributed by atoms with E-state index in [0.29, 0.717) is 11.3 Å². The minimum atomic E-state index is -0.949. The van der Waals surface area contributed by atoms with E-state index >= 15 is 0 Å². The van der Waals surface area contributed by atoms with Crippen LogP contribution in [0.1, 0.15) is 49.5 Å². The number of hydrogen-bond acceptors (Lipinski definition) is 7. The molecule has 0 bridgehead atoms. The minimum absolute atomic E-state index is 0.0805. The van der Waals surface area contributed by atoms with Gasteiger partial charge in [0.2, 0.25) is 5.95 Å². The minimum Gasteiger partial charge on any atom is -0.389 e. The van der Waals surface area contributed by atoms with Crippen molar-refractivity contribution in [3.63, 3.8) is 0 Å². The Morgan fingerprint density at radius 2 is 1.84 bits per heavy atom. The fourth-order valence-electron chi connectivity index (χ4n) is 3.34. The molecule has 0 aromatic carbocycles. The van der Waals surface area contributed by atoms with E-state index in [1.807, 2.05) is 26.0 Å². The summed E-state index contributed by atoms with van der Waals surface area (Å²) in [6.07, 6.45) is 7.89. The standard InChI is InChI=1S/C22H28N8O2/c1-13(2)18(14-5-6-17(25-7-14)15-8-26-21(24)27-9-15)19(23)29-20(31)16-10-28-30(11-16)12-22(3,4)32/h5-11,13,18,32H,12H2,1-4H3,(H2,23,29,31)(H2,24,26,27). The second-order valence-corrected chi connectivity index (χ2v) is 8.61. The van der Waals surface area contributed by atoms with Crippen molar-refractivity contribution in [2.24, 2.45) is 16.6 Å². The molecule has 3 aromatic rings. The zero-order valence-corrected chi connectivity index (χ0v) is 18.6. The van der Waals surface area contributed by atoms with Gasteiger partial charge in [0.05, 0.1) is 29.6 Å². The summed E-state index contributed by atoms with van der Waals surface area (Å²) in [6.45, 7) is 7.59. The van der Waals surface area contributed by atoms with Gasteiger partial charge in [-0.1, -0.05) is 19.9 Å². The number of carbonyl (C=O) groups excluding carboxylic acids is 1. The zero-order valence-electron chi connectivity index (χ0n) is 18.6. The van der Waals surface area contributed by atoms with Crippen LogP contribution < -0.4 is 11.5 Å². The number of nitrogens with two attached hydrogens (primary N) is 2. The van der Waals surface area contributed by atoms with E-state index < -0.39 is 11.5 Å². The molecule has 3 rings (SSSR count). The maximum Gasteiger partial charge on any atom is 0.281 e. The van der Waals surface area contributed by atoms with Gasteiger partial charge in [0.25, 0.3) is 5.91 Å². The predicted octanol–water partition coefficient (Wildman–Crippen LogP) is 2.03. The van der Waals surface area contributed by atoms with Crippen molar-refractivity contribution in [3.05, 3.63) is 54.2 Å². The number of aromatic nitrogens is 5. The maximum atomic E-state index is 12.6. The molecule has 1 atom stereocenters. The summed E-state index contributed by atoms with van der Waals surface area (Å²) in [5.74, 6) is -0.305. The third kappa shape index (κ3) is 5.73. The van der Waals surface area contributed by atoms with E-state index in [0.717, 1.165) is 11.1 Å². The third-order valence-electron chi connectivity index (χ3n) is 4.76. The Bertz CT molecular complexity index is 1100. The van der Waals surface area contributed by atoms with E-state index in [1.165, 1.54) is 10.9 Å². The van der Waals surface area contributed by atoms with E-state index in [4.69, 9.17) is 11.5 Å². The fourth-order valence-corrected chi connectivity index (χ4v) is 3.34. The third-order valence-corrected chi connectivity index (χ3v) is 4.76. The largest absolute Gasteiger partial charge is 0.389 e. The van der Waals surface area contributed by atoms with Crippen LogP contribution in [0.5, 0.6) is 0 Å². The Kier molecular flexibility index (Phi) is 6.64. The Morgan fingerprint density at radius 3 is 2.41 bits per heavy atom. The zero-order chi connectivity index (χ0) is 23.5. The average Bonchev–Trinajstić information content (AvgIpc) is 3.16. The monoisotopic (exact) mass is 436 g/mol. The van der Waals surface area contributed by atoms with Crippen LogP contribution in [-0.2, 0) is 6.54 Å². The number of amides is 1. The molecule has 32 heavy (non-hydrogen) atoms. The molecule has 10 nitrogen and oxygen atoms in total. The van der Waals surface area contributed by atoms with Gasteiger partial charge in [-0.25, -0.2) is 9.97 Å². The highest BCUT2D eigenvalue weighted by Crippen LogP contribution is 2.26. The molecule has 0 aliphatic heterocycles. The van der Waals surface area contributed by atoms with Gasteiger partial charge in [0.15, 0.2) is 0 Å². The van der Waals surface area contributed by atoms with Gasteiger partial charge in [-0.05, 0) is 31.4 Å². The van der Waals surface area contributed by atoms with Crippen molar-refractivity contribution >= 4 is 17.7 Å². The molecule has 10 heteroatoms. The van der Waals surface area contributed by atoms with Gasteiger partial charge >= 0.3 is 0 Å². The molecule has 1 unspecified atom stereocenters. The van der Waals surface area contributed by atoms with Gasteiger partial charge in [0.1, 0.15) is 5.84 Å². The number of aliphatic imine (C=N–C) groups is 1. The van der Waals surface area contributed by atoms with Gasteiger partial charge in [-0.2, -0.15) is 10.1 Å². The molecular formula is C22H28N8O2. The maximum absolute atomic E-state index is 12.6. The molecule has 168 valence electrons. The summed E-state index contributed by atoms with van der Waals surface area (Å²) < 4.78 is 1.50. The molecular weight excluding hydrogens is 408 g/mol. The van der Waals surface area contributed by atoms with E-state index in [2.05, 4.69) is 25.0 Å². The number of pyridine rings is 1. The first-order chi connectivity index (χ1) is 15.0. The first-order valence-corrected chi connectivity index (χ1v) is 10.2.